The molecular formula is C50H95N2O6P. The fourth-order valence-electron chi connectivity index (χ4n) is 7.14. The van der Waals surface area contributed by atoms with Gasteiger partial charge in [-0.25, -0.2) is 4.57 Å². The fraction of sp³-hybridized carbons (Fsp3) is 0.820. The van der Waals surface area contributed by atoms with Crippen molar-refractivity contribution in [3.05, 3.63) is 48.6 Å². The fourth-order valence-corrected chi connectivity index (χ4v) is 7.90. The van der Waals surface area contributed by atoms with Gasteiger partial charge in [0.15, 0.2) is 0 Å². The normalized spacial score (nSPS) is 14.3. The molecule has 0 saturated carbocycles. The van der Waals surface area contributed by atoms with Crippen LogP contribution in [0.4, 0.5) is 0 Å². The largest absolute Gasteiger partial charge is 0.472 e. The number of rotatable bonds is 46. The molecule has 0 rings (SSSR count). The van der Waals surface area contributed by atoms with E-state index in [1.54, 1.807) is 6.08 Å². The van der Waals surface area contributed by atoms with Gasteiger partial charge in [0.1, 0.15) is 0 Å². The molecule has 0 aliphatic heterocycles. The summed E-state index contributed by atoms with van der Waals surface area (Å²) >= 11 is 0. The Morgan fingerprint density at radius 1 is 0.559 bits per heavy atom. The Morgan fingerprint density at radius 3 is 1.36 bits per heavy atom. The van der Waals surface area contributed by atoms with Crippen LogP contribution in [0.1, 0.15) is 232 Å². The van der Waals surface area contributed by atoms with Crippen LogP contribution in [0.5, 0.6) is 0 Å². The van der Waals surface area contributed by atoms with Crippen molar-refractivity contribution in [3.8, 4) is 0 Å². The van der Waals surface area contributed by atoms with Crippen LogP contribution in [0.2, 0.25) is 0 Å². The summed E-state index contributed by atoms with van der Waals surface area (Å²) in [6, 6.07) is -0.866. The number of aliphatic hydroxyl groups is 1. The molecule has 0 aliphatic rings. The van der Waals surface area contributed by atoms with Crippen LogP contribution in [-0.2, 0) is 18.4 Å². The van der Waals surface area contributed by atoms with E-state index in [0.717, 1.165) is 57.8 Å². The number of unbranched alkanes of at least 4 members (excludes halogenated alkanes) is 28. The zero-order chi connectivity index (χ0) is 43.2. The third kappa shape index (κ3) is 44.3. The first-order valence-corrected chi connectivity index (χ1v) is 26.3. The first kappa shape index (κ1) is 57.5. The maximum atomic E-state index is 12.8. The zero-order valence-corrected chi connectivity index (χ0v) is 39.4. The maximum absolute atomic E-state index is 12.8. The molecule has 0 aromatic heterocycles. The molecular weight excluding hydrogens is 756 g/mol. The number of carbonyl (C=O) groups is 1. The second kappa shape index (κ2) is 46.0. The van der Waals surface area contributed by atoms with E-state index in [-0.39, 0.29) is 25.7 Å². The summed E-state index contributed by atoms with van der Waals surface area (Å²) in [5.41, 5.74) is 5.39. The molecule has 0 heterocycles. The monoisotopic (exact) mass is 851 g/mol. The predicted molar refractivity (Wildman–Crippen MR) is 254 cm³/mol. The highest BCUT2D eigenvalue weighted by molar-refractivity contribution is 7.47. The number of phosphoric acid groups is 1. The Balaban J connectivity index is 4.14. The van der Waals surface area contributed by atoms with Crippen LogP contribution in [0.25, 0.3) is 0 Å². The lowest BCUT2D eigenvalue weighted by Crippen LogP contribution is -2.45. The Morgan fingerprint density at radius 2 is 0.932 bits per heavy atom. The van der Waals surface area contributed by atoms with Crippen molar-refractivity contribution in [2.75, 3.05) is 19.8 Å². The number of nitrogens with two attached hydrogens (primary N) is 1. The molecule has 3 atom stereocenters. The van der Waals surface area contributed by atoms with Crippen molar-refractivity contribution >= 4 is 13.7 Å². The highest BCUT2D eigenvalue weighted by atomic mass is 31.2. The molecule has 0 saturated heterocycles. The third-order valence-electron chi connectivity index (χ3n) is 10.9. The molecule has 8 nitrogen and oxygen atoms in total. The van der Waals surface area contributed by atoms with Crippen LogP contribution >= 0.6 is 7.82 Å². The number of phosphoric ester groups is 1. The Labute approximate surface area is 364 Å². The van der Waals surface area contributed by atoms with E-state index in [4.69, 9.17) is 14.8 Å². The number of hydrogen-bond donors (Lipinski definition) is 4. The van der Waals surface area contributed by atoms with Crippen molar-refractivity contribution in [3.63, 3.8) is 0 Å². The number of hydrogen-bond acceptors (Lipinski definition) is 6. The van der Waals surface area contributed by atoms with Gasteiger partial charge in [-0.05, 0) is 57.8 Å². The van der Waals surface area contributed by atoms with Crippen molar-refractivity contribution in [2.45, 2.75) is 244 Å². The van der Waals surface area contributed by atoms with Crippen LogP contribution in [0, 0.1) is 0 Å². The minimum absolute atomic E-state index is 0.0760. The van der Waals surface area contributed by atoms with Crippen molar-refractivity contribution in [1.82, 2.24) is 5.32 Å². The van der Waals surface area contributed by atoms with Crippen LogP contribution < -0.4 is 11.1 Å². The van der Waals surface area contributed by atoms with Gasteiger partial charge in [0.05, 0.1) is 25.4 Å². The van der Waals surface area contributed by atoms with Gasteiger partial charge in [0.2, 0.25) is 5.91 Å². The van der Waals surface area contributed by atoms with Gasteiger partial charge in [0, 0.05) is 13.0 Å². The lowest BCUT2D eigenvalue weighted by atomic mass is 10.0. The van der Waals surface area contributed by atoms with E-state index in [1.807, 2.05) is 6.08 Å². The topological polar surface area (TPSA) is 131 Å². The molecule has 9 heteroatoms. The van der Waals surface area contributed by atoms with Crippen LogP contribution in [0.15, 0.2) is 48.6 Å². The first-order valence-electron chi connectivity index (χ1n) is 24.8. The van der Waals surface area contributed by atoms with Crippen LogP contribution in [0.3, 0.4) is 0 Å². The van der Waals surface area contributed by atoms with E-state index < -0.39 is 20.0 Å². The number of aliphatic hydroxyl groups excluding tert-OH is 1. The molecule has 0 aromatic rings. The summed E-state index contributed by atoms with van der Waals surface area (Å²) in [6.07, 6.45) is 57.3. The quantitative estimate of drug-likeness (QED) is 0.0272. The summed E-state index contributed by atoms with van der Waals surface area (Å²) in [6.45, 7) is 4.13. The molecule has 3 unspecified atom stereocenters. The van der Waals surface area contributed by atoms with Crippen molar-refractivity contribution in [1.29, 1.82) is 0 Å². The zero-order valence-electron chi connectivity index (χ0n) is 38.5. The van der Waals surface area contributed by atoms with Gasteiger partial charge >= 0.3 is 7.82 Å². The smallest absolute Gasteiger partial charge is 0.387 e. The lowest BCUT2D eigenvalue weighted by molar-refractivity contribution is -0.123. The van der Waals surface area contributed by atoms with E-state index >= 15 is 0 Å². The molecule has 0 aromatic carbocycles. The van der Waals surface area contributed by atoms with Crippen molar-refractivity contribution < 1.29 is 28.4 Å². The average Bonchev–Trinajstić information content (AvgIpc) is 3.22. The molecule has 0 spiro atoms. The number of nitrogens with one attached hydrogen (secondary N) is 1. The highest BCUT2D eigenvalue weighted by Crippen LogP contribution is 2.43. The number of amides is 1. The molecule has 0 radical (unpaired) electrons. The number of carbonyl (C=O) groups excluding carboxylic acids is 1. The number of allylic oxidation sites excluding steroid dienone is 7. The molecule has 1 amide bonds. The standard InChI is InChI=1S/C50H95N2O6P/c1-3-5-7-9-11-13-15-17-19-21-22-23-24-25-26-28-30-32-34-36-38-40-42-44-50(54)52-48(47-58-59(55,56)57-46-45-51)49(53)43-41-39-37-35-33-31-29-27-20-18-16-14-12-10-8-6-4-2/h15,17,21-22,24-25,41,43,48-49,53H,3-14,16,18-20,23,26-40,42,44-47,51H2,1-2H3,(H,52,54)(H,55,56)/b17-15-,22-21-,25-24-,43-41+. The van der Waals surface area contributed by atoms with E-state index in [9.17, 15) is 19.4 Å². The van der Waals surface area contributed by atoms with Gasteiger partial charge in [-0.1, -0.05) is 217 Å². The predicted octanol–water partition coefficient (Wildman–Crippen LogP) is 14.5. The third-order valence-corrected chi connectivity index (χ3v) is 11.9. The van der Waals surface area contributed by atoms with Gasteiger partial charge in [-0.3, -0.25) is 13.8 Å². The Bertz CT molecular complexity index is 1060. The molecule has 59 heavy (non-hydrogen) atoms. The Kier molecular flexibility index (Phi) is 44.8. The van der Waals surface area contributed by atoms with E-state index in [1.165, 1.54) is 154 Å². The van der Waals surface area contributed by atoms with Gasteiger partial charge in [-0.15, -0.1) is 0 Å². The average molecular weight is 851 g/mol. The second-order valence-electron chi connectivity index (χ2n) is 16.7. The summed E-state index contributed by atoms with van der Waals surface area (Å²) in [5, 5.41) is 13.7. The lowest BCUT2D eigenvalue weighted by Gasteiger charge is -2.23. The highest BCUT2D eigenvalue weighted by Gasteiger charge is 2.26. The summed E-state index contributed by atoms with van der Waals surface area (Å²) in [7, 11) is -4.35. The SMILES string of the molecule is CCCCCCC/C=C\C/C=C\C/C=C\CCCCCCCCCCC(=O)NC(COP(=O)(O)OCCN)C(O)/C=C/CCCCCCCCCCCCCCCCC. The molecule has 0 aliphatic carbocycles. The minimum Gasteiger partial charge on any atom is -0.387 e. The van der Waals surface area contributed by atoms with Gasteiger partial charge in [-0.2, -0.15) is 0 Å². The first-order chi connectivity index (χ1) is 28.9. The summed E-state index contributed by atoms with van der Waals surface area (Å²) < 4.78 is 22.2. The van der Waals surface area contributed by atoms with Crippen molar-refractivity contribution in [2.24, 2.45) is 5.73 Å². The van der Waals surface area contributed by atoms with Gasteiger partial charge < -0.3 is 21.1 Å². The molecule has 5 N–H and O–H groups in total. The Hall–Kier alpha value is -1.54. The second-order valence-corrected chi connectivity index (χ2v) is 18.1. The van der Waals surface area contributed by atoms with Crippen LogP contribution in [-0.4, -0.2) is 47.8 Å². The van der Waals surface area contributed by atoms with E-state index in [2.05, 4.69) is 55.6 Å². The minimum atomic E-state index is -4.35. The summed E-state index contributed by atoms with van der Waals surface area (Å²) in [5.74, 6) is -0.201. The molecule has 0 bridgehead atoms. The van der Waals surface area contributed by atoms with E-state index in [0.29, 0.717) is 6.42 Å². The van der Waals surface area contributed by atoms with Gasteiger partial charge in [0.25, 0.3) is 0 Å². The molecule has 0 fully saturated rings. The molecule has 346 valence electrons. The maximum Gasteiger partial charge on any atom is 0.472 e. The summed E-state index contributed by atoms with van der Waals surface area (Å²) in [4.78, 5) is 22.8.